The molecule has 0 saturated heterocycles. The first kappa shape index (κ1) is 22.9. The van der Waals surface area contributed by atoms with Crippen molar-refractivity contribution in [3.63, 3.8) is 0 Å². The number of ether oxygens (including phenoxy) is 3. The summed E-state index contributed by atoms with van der Waals surface area (Å²) in [6.07, 6.45) is -5.18. The number of hydrogen-bond donors (Lipinski definition) is 1. The lowest BCUT2D eigenvalue weighted by Gasteiger charge is -2.23. The zero-order valence-electron chi connectivity index (χ0n) is 15.2. The molecule has 1 aromatic carbocycles. The lowest BCUT2D eigenvalue weighted by Crippen LogP contribution is -2.50. The molecule has 0 bridgehead atoms. The Kier molecular flexibility index (Phi) is 7.96. The first-order valence-corrected chi connectivity index (χ1v) is 7.75. The molecule has 28 heavy (non-hydrogen) atoms. The molecule has 1 amide bonds. The second kappa shape index (κ2) is 9.72. The summed E-state index contributed by atoms with van der Waals surface area (Å²) >= 11 is 0. The number of hydrogen-bond acceptors (Lipinski definition) is 7. The summed E-state index contributed by atoms with van der Waals surface area (Å²) in [6, 6.07) is 1.55. The van der Waals surface area contributed by atoms with Gasteiger partial charge in [0.15, 0.2) is 0 Å². The Balaban J connectivity index is 3.12. The van der Waals surface area contributed by atoms with Gasteiger partial charge in [-0.15, -0.1) is 0 Å². The van der Waals surface area contributed by atoms with E-state index in [1.807, 2.05) is 0 Å². The van der Waals surface area contributed by atoms with Crippen molar-refractivity contribution in [1.29, 1.82) is 0 Å². The minimum atomic E-state index is -4.58. The topological polar surface area (TPSA) is 108 Å². The minimum Gasteiger partial charge on any atom is -0.469 e. The fourth-order valence-electron chi connectivity index (χ4n) is 2.24. The summed E-state index contributed by atoms with van der Waals surface area (Å²) in [5.74, 6) is -5.33. The molecule has 0 heterocycles. The molecule has 1 rings (SSSR count). The van der Waals surface area contributed by atoms with Crippen molar-refractivity contribution in [1.82, 2.24) is 5.32 Å². The van der Waals surface area contributed by atoms with E-state index in [1.54, 1.807) is 0 Å². The smallest absolute Gasteiger partial charge is 0.416 e. The van der Waals surface area contributed by atoms with Crippen LogP contribution in [-0.4, -0.2) is 51.2 Å². The first-order valence-electron chi connectivity index (χ1n) is 7.75. The third kappa shape index (κ3) is 5.96. The van der Waals surface area contributed by atoms with Crippen molar-refractivity contribution in [3.8, 4) is 0 Å². The molecule has 0 aliphatic carbocycles. The van der Waals surface area contributed by atoms with Gasteiger partial charge in [0, 0.05) is 5.56 Å². The highest BCUT2D eigenvalue weighted by molar-refractivity contribution is 5.98. The van der Waals surface area contributed by atoms with E-state index in [0.717, 1.165) is 33.5 Å². The van der Waals surface area contributed by atoms with E-state index in [9.17, 15) is 32.3 Å². The molecule has 154 valence electrons. The standard InChI is InChI=1S/C17H18F3NO7/c1-26-12(22)8-11(15(24)27-2)13(16(25)28-3)21-14(23)9-4-6-10(7-5-9)17(18,19)20/h4-7,11,13H,8H2,1-3H3,(H,21,23)/t11-,13+/m0/s1. The van der Waals surface area contributed by atoms with Gasteiger partial charge >= 0.3 is 24.1 Å². The van der Waals surface area contributed by atoms with E-state index in [4.69, 9.17) is 0 Å². The molecular weight excluding hydrogens is 387 g/mol. The van der Waals surface area contributed by atoms with Gasteiger partial charge in [0.25, 0.3) is 5.91 Å². The van der Waals surface area contributed by atoms with Gasteiger partial charge in [-0.05, 0) is 24.3 Å². The van der Waals surface area contributed by atoms with Crippen molar-refractivity contribution >= 4 is 23.8 Å². The molecule has 0 aliphatic heterocycles. The first-order chi connectivity index (χ1) is 13.0. The molecule has 0 aliphatic rings. The van der Waals surface area contributed by atoms with E-state index in [-0.39, 0.29) is 5.56 Å². The van der Waals surface area contributed by atoms with Crippen molar-refractivity contribution in [2.75, 3.05) is 21.3 Å². The van der Waals surface area contributed by atoms with Crippen LogP contribution in [0.5, 0.6) is 0 Å². The van der Waals surface area contributed by atoms with Gasteiger partial charge in [0.2, 0.25) is 0 Å². The van der Waals surface area contributed by atoms with Crippen LogP contribution < -0.4 is 5.32 Å². The molecule has 1 N–H and O–H groups in total. The van der Waals surface area contributed by atoms with Crippen LogP contribution in [0.2, 0.25) is 0 Å². The van der Waals surface area contributed by atoms with Crippen molar-refractivity contribution in [2.24, 2.45) is 5.92 Å². The SMILES string of the molecule is COC(=O)C[C@H](C(=O)OC)[C@@H](NC(=O)c1ccc(C(F)(F)F)cc1)C(=O)OC. The van der Waals surface area contributed by atoms with Gasteiger partial charge in [-0.1, -0.05) is 0 Å². The maximum atomic E-state index is 12.6. The Hall–Kier alpha value is -3.11. The Labute approximate surface area is 157 Å². The highest BCUT2D eigenvalue weighted by atomic mass is 19.4. The molecule has 11 heteroatoms. The van der Waals surface area contributed by atoms with Crippen LogP contribution in [-0.2, 0) is 34.8 Å². The predicted octanol–water partition coefficient (Wildman–Crippen LogP) is 1.33. The molecule has 0 fully saturated rings. The average molecular weight is 405 g/mol. The minimum absolute atomic E-state index is 0.205. The second-order valence-corrected chi connectivity index (χ2v) is 5.46. The van der Waals surface area contributed by atoms with Gasteiger partial charge in [0.05, 0.1) is 39.2 Å². The zero-order valence-corrected chi connectivity index (χ0v) is 15.2. The third-order valence-electron chi connectivity index (χ3n) is 3.74. The van der Waals surface area contributed by atoms with Crippen LogP contribution in [0.1, 0.15) is 22.3 Å². The number of carbonyl (C=O) groups excluding carboxylic acids is 4. The van der Waals surface area contributed by atoms with Crippen LogP contribution in [0, 0.1) is 5.92 Å². The second-order valence-electron chi connectivity index (χ2n) is 5.46. The molecule has 0 radical (unpaired) electrons. The van der Waals surface area contributed by atoms with E-state index < -0.39 is 53.9 Å². The number of methoxy groups -OCH3 is 3. The summed E-state index contributed by atoms with van der Waals surface area (Å²) in [5, 5.41) is 2.18. The van der Waals surface area contributed by atoms with Gasteiger partial charge in [-0.3, -0.25) is 14.4 Å². The lowest BCUT2D eigenvalue weighted by molar-refractivity contribution is -0.158. The summed E-state index contributed by atoms with van der Waals surface area (Å²) in [7, 11) is 3.06. The Morgan fingerprint density at radius 2 is 1.46 bits per heavy atom. The number of esters is 3. The van der Waals surface area contributed by atoms with Gasteiger partial charge in [-0.25, -0.2) is 4.79 Å². The Morgan fingerprint density at radius 1 is 0.929 bits per heavy atom. The normalized spacial score (nSPS) is 13.1. The highest BCUT2D eigenvalue weighted by Gasteiger charge is 2.39. The fourth-order valence-corrected chi connectivity index (χ4v) is 2.24. The molecule has 0 unspecified atom stereocenters. The number of carbonyl (C=O) groups is 4. The lowest BCUT2D eigenvalue weighted by atomic mass is 9.95. The van der Waals surface area contributed by atoms with E-state index in [1.165, 1.54) is 0 Å². The van der Waals surface area contributed by atoms with Gasteiger partial charge in [0.1, 0.15) is 6.04 Å². The maximum absolute atomic E-state index is 12.6. The van der Waals surface area contributed by atoms with E-state index >= 15 is 0 Å². The van der Waals surface area contributed by atoms with E-state index in [0.29, 0.717) is 12.1 Å². The summed E-state index contributed by atoms with van der Waals surface area (Å²) in [5.41, 5.74) is -1.17. The van der Waals surface area contributed by atoms with Gasteiger partial charge in [-0.2, -0.15) is 13.2 Å². The zero-order chi connectivity index (χ0) is 21.5. The largest absolute Gasteiger partial charge is 0.469 e. The molecule has 0 spiro atoms. The van der Waals surface area contributed by atoms with Crippen LogP contribution in [0.25, 0.3) is 0 Å². The molecule has 2 atom stereocenters. The maximum Gasteiger partial charge on any atom is 0.416 e. The monoisotopic (exact) mass is 405 g/mol. The number of alkyl halides is 3. The molecule has 0 aromatic heterocycles. The molecular formula is C17H18F3NO7. The quantitative estimate of drug-likeness (QED) is 0.539. The van der Waals surface area contributed by atoms with Gasteiger partial charge < -0.3 is 19.5 Å². The third-order valence-corrected chi connectivity index (χ3v) is 3.74. The Morgan fingerprint density at radius 3 is 1.89 bits per heavy atom. The summed E-state index contributed by atoms with van der Waals surface area (Å²) in [6.45, 7) is 0. The Bertz CT molecular complexity index is 731. The van der Waals surface area contributed by atoms with Crippen LogP contribution in [0.15, 0.2) is 24.3 Å². The van der Waals surface area contributed by atoms with Crippen molar-refractivity contribution < 1.29 is 46.6 Å². The summed E-state index contributed by atoms with van der Waals surface area (Å²) in [4.78, 5) is 47.9. The fraction of sp³-hybridized carbons (Fsp3) is 0.412. The number of halogens is 3. The predicted molar refractivity (Wildman–Crippen MR) is 86.9 cm³/mol. The molecule has 1 aromatic rings. The number of nitrogens with one attached hydrogen (secondary N) is 1. The average Bonchev–Trinajstić information content (AvgIpc) is 2.68. The number of rotatable bonds is 7. The van der Waals surface area contributed by atoms with Crippen LogP contribution >= 0.6 is 0 Å². The van der Waals surface area contributed by atoms with Crippen LogP contribution in [0.4, 0.5) is 13.2 Å². The summed E-state index contributed by atoms with van der Waals surface area (Å²) < 4.78 is 51.4. The van der Waals surface area contributed by atoms with Crippen molar-refractivity contribution in [3.05, 3.63) is 35.4 Å². The van der Waals surface area contributed by atoms with Crippen molar-refractivity contribution in [2.45, 2.75) is 18.6 Å². The highest BCUT2D eigenvalue weighted by Crippen LogP contribution is 2.29. The van der Waals surface area contributed by atoms with E-state index in [2.05, 4.69) is 19.5 Å². The number of amides is 1. The number of benzene rings is 1. The molecule has 8 nitrogen and oxygen atoms in total. The van der Waals surface area contributed by atoms with Crippen LogP contribution in [0.3, 0.4) is 0 Å². The molecule has 0 saturated carbocycles.